The molecule has 7 heteroatoms. The fourth-order valence-electron chi connectivity index (χ4n) is 0.810. The minimum Gasteiger partial charge on any atom is -0.387 e. The maximum absolute atomic E-state index is 10.8. The Morgan fingerprint density at radius 1 is 1.43 bits per heavy atom. The van der Waals surface area contributed by atoms with Gasteiger partial charge in [-0.1, -0.05) is 0 Å². The van der Waals surface area contributed by atoms with Crippen molar-refractivity contribution in [3.8, 4) is 0 Å². The molecule has 0 amide bonds. The molecular weight excluding hydrogens is 206 g/mol. The first-order valence-corrected chi connectivity index (χ1v) is 5.77. The van der Waals surface area contributed by atoms with E-state index in [1.54, 1.807) is 6.92 Å². The number of nitrogens with one attached hydrogen (secondary N) is 1. The Hall–Kier alpha value is -1.21. The number of hydrogen-bond donors (Lipinski definition) is 2. The zero-order chi connectivity index (χ0) is 10.8. The smallest absolute Gasteiger partial charge is 0.231 e. The quantitative estimate of drug-likeness (QED) is 0.737. The molecule has 0 saturated carbocycles. The minimum atomic E-state index is -3.33. The number of aromatic nitrogens is 2. The van der Waals surface area contributed by atoms with Crippen molar-refractivity contribution in [3.63, 3.8) is 0 Å². The molecule has 1 unspecified atom stereocenters. The highest BCUT2D eigenvalue weighted by Crippen LogP contribution is 2.09. The van der Waals surface area contributed by atoms with Crippen LogP contribution in [-0.2, 0) is 10.0 Å². The Labute approximate surface area is 82.0 Å². The van der Waals surface area contributed by atoms with Crippen molar-refractivity contribution in [3.05, 3.63) is 17.8 Å². The van der Waals surface area contributed by atoms with Crippen molar-refractivity contribution in [2.75, 3.05) is 11.0 Å². The zero-order valence-electron chi connectivity index (χ0n) is 7.80. The third kappa shape index (κ3) is 3.27. The van der Waals surface area contributed by atoms with E-state index in [0.29, 0.717) is 5.69 Å². The summed E-state index contributed by atoms with van der Waals surface area (Å²) < 4.78 is 23.7. The van der Waals surface area contributed by atoms with E-state index in [1.807, 2.05) is 0 Å². The number of rotatable bonds is 3. The molecular formula is C7H11N3O3S. The maximum atomic E-state index is 10.8. The van der Waals surface area contributed by atoms with Crippen LogP contribution in [-0.4, -0.2) is 30.0 Å². The Bertz CT molecular complexity index is 399. The van der Waals surface area contributed by atoms with Crippen molar-refractivity contribution in [1.82, 2.24) is 10.2 Å². The summed E-state index contributed by atoms with van der Waals surface area (Å²) in [7, 11) is -3.33. The Morgan fingerprint density at radius 3 is 2.43 bits per heavy atom. The molecule has 0 spiro atoms. The van der Waals surface area contributed by atoms with Gasteiger partial charge in [0.25, 0.3) is 0 Å². The Balaban J connectivity index is 2.84. The van der Waals surface area contributed by atoms with Gasteiger partial charge in [-0.25, -0.2) is 8.42 Å². The van der Waals surface area contributed by atoms with E-state index in [-0.39, 0.29) is 5.82 Å². The molecule has 1 aromatic rings. The minimum absolute atomic E-state index is 0.136. The highest BCUT2D eigenvalue weighted by Gasteiger charge is 2.06. The van der Waals surface area contributed by atoms with Gasteiger partial charge in [-0.3, -0.25) is 4.72 Å². The number of anilines is 1. The molecule has 1 rings (SSSR count). The maximum Gasteiger partial charge on any atom is 0.231 e. The van der Waals surface area contributed by atoms with Gasteiger partial charge in [-0.2, -0.15) is 5.10 Å². The molecule has 6 nitrogen and oxygen atoms in total. The topological polar surface area (TPSA) is 92.2 Å². The van der Waals surface area contributed by atoms with Gasteiger partial charge in [0.2, 0.25) is 10.0 Å². The normalized spacial score (nSPS) is 13.6. The van der Waals surface area contributed by atoms with Crippen LogP contribution >= 0.6 is 0 Å². The van der Waals surface area contributed by atoms with E-state index in [0.717, 1.165) is 6.26 Å². The summed E-state index contributed by atoms with van der Waals surface area (Å²) in [5.74, 6) is 0.136. The molecule has 0 aliphatic rings. The lowest BCUT2D eigenvalue weighted by Gasteiger charge is -2.04. The highest BCUT2D eigenvalue weighted by molar-refractivity contribution is 7.92. The molecule has 78 valence electrons. The first kappa shape index (κ1) is 10.9. The standard InChI is InChI=1S/C7H11N3O3S/c1-5(11)6-3-4-7(9-8-6)10-14(2,12)13/h3-5,11H,1-2H3,(H,9,10). The van der Waals surface area contributed by atoms with Gasteiger partial charge >= 0.3 is 0 Å². The largest absolute Gasteiger partial charge is 0.387 e. The van der Waals surface area contributed by atoms with Gasteiger partial charge in [-0.05, 0) is 19.1 Å². The van der Waals surface area contributed by atoms with E-state index < -0.39 is 16.1 Å². The first-order valence-electron chi connectivity index (χ1n) is 3.88. The monoisotopic (exact) mass is 217 g/mol. The lowest BCUT2D eigenvalue weighted by atomic mass is 10.3. The second-order valence-electron chi connectivity index (χ2n) is 2.89. The lowest BCUT2D eigenvalue weighted by molar-refractivity contribution is 0.193. The summed E-state index contributed by atoms with van der Waals surface area (Å²) in [6.45, 7) is 1.55. The molecule has 2 N–H and O–H groups in total. The van der Waals surface area contributed by atoms with Gasteiger partial charge in [0, 0.05) is 0 Å². The summed E-state index contributed by atoms with van der Waals surface area (Å²) in [4.78, 5) is 0. The summed E-state index contributed by atoms with van der Waals surface area (Å²) in [5, 5.41) is 16.3. The van der Waals surface area contributed by atoms with Gasteiger partial charge in [0.1, 0.15) is 0 Å². The molecule has 14 heavy (non-hydrogen) atoms. The van der Waals surface area contributed by atoms with Crippen LogP contribution in [0, 0.1) is 0 Å². The molecule has 0 fully saturated rings. The molecule has 1 atom stereocenters. The van der Waals surface area contributed by atoms with Gasteiger partial charge in [0.05, 0.1) is 18.1 Å². The zero-order valence-corrected chi connectivity index (χ0v) is 8.61. The van der Waals surface area contributed by atoms with Crippen LogP contribution < -0.4 is 4.72 Å². The third-order valence-electron chi connectivity index (χ3n) is 1.40. The second-order valence-corrected chi connectivity index (χ2v) is 4.64. The van der Waals surface area contributed by atoms with Crippen molar-refractivity contribution in [2.45, 2.75) is 13.0 Å². The predicted molar refractivity (Wildman–Crippen MR) is 51.1 cm³/mol. The summed E-state index contributed by atoms with van der Waals surface area (Å²) >= 11 is 0. The molecule has 0 aliphatic carbocycles. The summed E-state index contributed by atoms with van der Waals surface area (Å²) in [5.41, 5.74) is 0.393. The van der Waals surface area contributed by atoms with E-state index in [4.69, 9.17) is 5.11 Å². The molecule has 0 aliphatic heterocycles. The van der Waals surface area contributed by atoms with E-state index >= 15 is 0 Å². The number of aliphatic hydroxyl groups is 1. The van der Waals surface area contributed by atoms with Gasteiger partial charge in [-0.15, -0.1) is 5.10 Å². The van der Waals surface area contributed by atoms with E-state index in [1.165, 1.54) is 12.1 Å². The average Bonchev–Trinajstić information content (AvgIpc) is 2.02. The molecule has 1 aromatic heterocycles. The van der Waals surface area contributed by atoms with Crippen LogP contribution in [0.3, 0.4) is 0 Å². The lowest BCUT2D eigenvalue weighted by Crippen LogP contribution is -2.11. The highest BCUT2D eigenvalue weighted by atomic mass is 32.2. The first-order chi connectivity index (χ1) is 6.38. The van der Waals surface area contributed by atoms with E-state index in [2.05, 4.69) is 14.9 Å². The van der Waals surface area contributed by atoms with Crippen LogP contribution in [0.2, 0.25) is 0 Å². The summed E-state index contributed by atoms with van der Waals surface area (Å²) in [6, 6.07) is 2.95. The van der Waals surface area contributed by atoms with Crippen LogP contribution in [0.1, 0.15) is 18.7 Å². The molecule has 0 radical (unpaired) electrons. The molecule has 0 saturated heterocycles. The van der Waals surface area contributed by atoms with Crippen LogP contribution in [0.15, 0.2) is 12.1 Å². The SMILES string of the molecule is CC(O)c1ccc(NS(C)(=O)=O)nn1. The fraction of sp³-hybridized carbons (Fsp3) is 0.429. The van der Waals surface area contributed by atoms with Crippen molar-refractivity contribution < 1.29 is 13.5 Å². The van der Waals surface area contributed by atoms with Gasteiger partial charge in [0.15, 0.2) is 5.82 Å². The second kappa shape index (κ2) is 3.89. The molecule has 0 bridgehead atoms. The predicted octanol–water partition coefficient (Wildman–Crippen LogP) is -0.0986. The fourth-order valence-corrected chi connectivity index (χ4v) is 1.30. The summed E-state index contributed by atoms with van der Waals surface area (Å²) in [6.07, 6.45) is 0.312. The number of sulfonamides is 1. The average molecular weight is 217 g/mol. The Morgan fingerprint density at radius 2 is 2.07 bits per heavy atom. The van der Waals surface area contributed by atoms with Crippen molar-refractivity contribution in [1.29, 1.82) is 0 Å². The van der Waals surface area contributed by atoms with Crippen molar-refractivity contribution in [2.24, 2.45) is 0 Å². The van der Waals surface area contributed by atoms with E-state index in [9.17, 15) is 8.42 Å². The van der Waals surface area contributed by atoms with Crippen LogP contribution in [0.25, 0.3) is 0 Å². The molecule has 1 heterocycles. The Kier molecular flexibility index (Phi) is 3.02. The number of nitrogens with zero attached hydrogens (tertiary/aromatic N) is 2. The van der Waals surface area contributed by atoms with Crippen molar-refractivity contribution >= 4 is 15.8 Å². The number of hydrogen-bond acceptors (Lipinski definition) is 5. The number of aliphatic hydroxyl groups excluding tert-OH is 1. The van der Waals surface area contributed by atoms with Crippen LogP contribution in [0.4, 0.5) is 5.82 Å². The third-order valence-corrected chi connectivity index (χ3v) is 1.98. The van der Waals surface area contributed by atoms with Crippen LogP contribution in [0.5, 0.6) is 0 Å². The van der Waals surface area contributed by atoms with Gasteiger partial charge < -0.3 is 5.11 Å². The molecule has 0 aromatic carbocycles.